The molecule has 0 bridgehead atoms. The van der Waals surface area contributed by atoms with Crippen molar-refractivity contribution in [3.05, 3.63) is 0 Å². The molecule has 2 rings (SSSR count). The van der Waals surface area contributed by atoms with E-state index in [4.69, 9.17) is 9.47 Å². The van der Waals surface area contributed by atoms with E-state index in [1.54, 1.807) is 11.8 Å². The van der Waals surface area contributed by atoms with E-state index in [1.807, 2.05) is 0 Å². The third-order valence-electron chi connectivity index (χ3n) is 3.54. The zero-order chi connectivity index (χ0) is 13.3. The minimum absolute atomic E-state index is 0.419. The quantitative estimate of drug-likeness (QED) is 0.508. The average molecular weight is 280 g/mol. The fourth-order valence-electron chi connectivity index (χ4n) is 2.24. The van der Waals surface area contributed by atoms with Crippen LogP contribution in [0.3, 0.4) is 0 Å². The molecule has 0 saturated carbocycles. The molecule has 0 aliphatic carbocycles. The second-order valence-electron chi connectivity index (χ2n) is 5.01. The number of aliphatic hydroxyl groups excluding tert-OH is 3. The average Bonchev–Trinajstić information content (AvgIpc) is 2.33. The smallest absolute Gasteiger partial charge is 0.186 e. The van der Waals surface area contributed by atoms with Crippen molar-refractivity contribution in [2.24, 2.45) is 0 Å². The van der Waals surface area contributed by atoms with Gasteiger partial charge in [-0.25, -0.2) is 0 Å². The minimum Gasteiger partial charge on any atom is -0.388 e. The fourth-order valence-corrected chi connectivity index (χ4v) is 3.21. The summed E-state index contributed by atoms with van der Waals surface area (Å²) in [6, 6.07) is 0. The zero-order valence-corrected chi connectivity index (χ0v) is 11.0. The van der Waals surface area contributed by atoms with Crippen LogP contribution in [0, 0.1) is 0 Å². The van der Waals surface area contributed by atoms with Crippen molar-refractivity contribution in [2.75, 3.05) is 18.6 Å². The van der Waals surface area contributed by atoms with Crippen molar-refractivity contribution < 1.29 is 29.9 Å². The Labute approximate surface area is 110 Å². The van der Waals surface area contributed by atoms with E-state index in [-0.39, 0.29) is 0 Å². The summed E-state index contributed by atoms with van der Waals surface area (Å²) in [6.45, 7) is 0. The maximum Gasteiger partial charge on any atom is 0.186 e. The maximum absolute atomic E-state index is 9.97. The zero-order valence-electron chi connectivity index (χ0n) is 10.2. The summed E-state index contributed by atoms with van der Waals surface area (Å²) < 4.78 is 10.3. The molecule has 4 N–H and O–H groups in total. The number of hydrogen-bond acceptors (Lipinski definition) is 7. The second-order valence-corrected chi connectivity index (χ2v) is 5.99. The van der Waals surface area contributed by atoms with Crippen LogP contribution in [0.1, 0.15) is 12.8 Å². The van der Waals surface area contributed by atoms with E-state index >= 15 is 0 Å². The molecule has 0 aromatic heterocycles. The van der Waals surface area contributed by atoms with Gasteiger partial charge in [0.05, 0.1) is 11.7 Å². The normalized spacial score (nSPS) is 43.5. The largest absolute Gasteiger partial charge is 0.388 e. The van der Waals surface area contributed by atoms with Crippen LogP contribution in [0.2, 0.25) is 0 Å². The topological polar surface area (TPSA) is 99.4 Å². The van der Waals surface area contributed by atoms with Gasteiger partial charge >= 0.3 is 0 Å². The highest BCUT2D eigenvalue weighted by Crippen LogP contribution is 2.35. The predicted molar refractivity (Wildman–Crippen MR) is 65.2 cm³/mol. The van der Waals surface area contributed by atoms with Gasteiger partial charge < -0.3 is 29.9 Å². The Morgan fingerprint density at radius 3 is 2.39 bits per heavy atom. The molecule has 106 valence electrons. The molecule has 7 heteroatoms. The number of rotatable bonds is 4. The number of thioether (sulfide) groups is 1. The molecular weight excluding hydrogens is 260 g/mol. The third-order valence-corrected chi connectivity index (χ3v) is 5.02. The molecule has 0 aromatic rings. The first-order valence-corrected chi connectivity index (χ1v) is 7.15. The molecule has 6 nitrogen and oxygen atoms in total. The predicted octanol–water partition coefficient (Wildman–Crippen LogP) is -1.30. The molecule has 0 aromatic carbocycles. The van der Waals surface area contributed by atoms with Crippen LogP contribution in [0.15, 0.2) is 0 Å². The number of aliphatic hydroxyl groups is 4. The van der Waals surface area contributed by atoms with Gasteiger partial charge in [-0.2, -0.15) is 11.8 Å². The highest BCUT2D eigenvalue weighted by atomic mass is 32.2. The van der Waals surface area contributed by atoms with Gasteiger partial charge in [0.15, 0.2) is 6.29 Å². The van der Waals surface area contributed by atoms with Crippen molar-refractivity contribution >= 4 is 11.8 Å². The van der Waals surface area contributed by atoms with Crippen molar-refractivity contribution in [1.82, 2.24) is 0 Å². The molecular formula is C11H20O6S. The van der Waals surface area contributed by atoms with Crippen LogP contribution in [0.4, 0.5) is 0 Å². The van der Waals surface area contributed by atoms with Gasteiger partial charge in [-0.05, 0) is 12.8 Å². The molecule has 0 unspecified atom stereocenters. The summed E-state index contributed by atoms with van der Waals surface area (Å²) in [4.78, 5) is 0. The van der Waals surface area contributed by atoms with Crippen molar-refractivity contribution in [3.8, 4) is 0 Å². The van der Waals surface area contributed by atoms with Crippen molar-refractivity contribution in [1.29, 1.82) is 0 Å². The second kappa shape index (κ2) is 5.62. The Morgan fingerprint density at radius 2 is 1.89 bits per heavy atom. The SMILES string of the molecule is CO[C@H]1O[C@H](CCC2(O)CSC2)[C@@H](O)[C@H](O)[C@@H]1O. The van der Waals surface area contributed by atoms with Gasteiger partial charge in [-0.3, -0.25) is 0 Å². The van der Waals surface area contributed by atoms with Crippen LogP contribution in [-0.4, -0.2) is 75.3 Å². The van der Waals surface area contributed by atoms with Gasteiger partial charge in [0.2, 0.25) is 0 Å². The lowest BCUT2D eigenvalue weighted by Crippen LogP contribution is -2.58. The van der Waals surface area contributed by atoms with Gasteiger partial charge in [-0.1, -0.05) is 0 Å². The first kappa shape index (κ1) is 14.5. The standard InChI is InChI=1S/C11H20O6S/c1-16-10-9(14)8(13)7(12)6(17-10)2-3-11(15)4-18-5-11/h6-10,12-15H,2-5H2,1H3/t6-,7-,8+,9+,10+/m1/s1. The first-order chi connectivity index (χ1) is 8.47. The van der Waals surface area contributed by atoms with Crippen LogP contribution in [0.25, 0.3) is 0 Å². The van der Waals surface area contributed by atoms with E-state index in [0.29, 0.717) is 24.3 Å². The summed E-state index contributed by atoms with van der Waals surface area (Å²) in [6.07, 6.45) is -4.38. The van der Waals surface area contributed by atoms with Gasteiger partial charge in [0.1, 0.15) is 18.3 Å². The summed E-state index contributed by atoms with van der Waals surface area (Å²) in [5.41, 5.74) is -0.683. The number of methoxy groups -OCH3 is 1. The van der Waals surface area contributed by atoms with Crippen molar-refractivity contribution in [3.63, 3.8) is 0 Å². The number of ether oxygens (including phenoxy) is 2. The Bertz CT molecular complexity index is 283. The summed E-state index contributed by atoms with van der Waals surface area (Å²) in [5.74, 6) is 1.38. The molecule has 2 aliphatic heterocycles. The monoisotopic (exact) mass is 280 g/mol. The lowest BCUT2D eigenvalue weighted by atomic mass is 9.92. The van der Waals surface area contributed by atoms with Crippen molar-refractivity contribution in [2.45, 2.75) is 49.1 Å². The van der Waals surface area contributed by atoms with E-state index in [9.17, 15) is 20.4 Å². The molecule has 2 heterocycles. The molecule has 2 fully saturated rings. The van der Waals surface area contributed by atoms with E-state index in [0.717, 1.165) is 0 Å². The molecule has 5 atom stereocenters. The summed E-state index contributed by atoms with van der Waals surface area (Å²) >= 11 is 1.67. The first-order valence-electron chi connectivity index (χ1n) is 5.99. The Kier molecular flexibility index (Phi) is 4.53. The van der Waals surface area contributed by atoms with Crippen LogP contribution < -0.4 is 0 Å². The molecule has 0 spiro atoms. The van der Waals surface area contributed by atoms with Crippen LogP contribution in [0.5, 0.6) is 0 Å². The minimum atomic E-state index is -1.29. The molecule has 2 saturated heterocycles. The molecule has 2 aliphatic rings. The number of hydrogen-bond donors (Lipinski definition) is 4. The van der Waals surface area contributed by atoms with Gasteiger partial charge in [-0.15, -0.1) is 0 Å². The van der Waals surface area contributed by atoms with E-state index in [2.05, 4.69) is 0 Å². The molecule has 0 amide bonds. The summed E-state index contributed by atoms with van der Waals surface area (Å²) in [7, 11) is 1.37. The highest BCUT2D eigenvalue weighted by Gasteiger charge is 2.45. The third kappa shape index (κ3) is 2.82. The molecule has 18 heavy (non-hydrogen) atoms. The van der Waals surface area contributed by atoms with E-state index in [1.165, 1.54) is 7.11 Å². The lowest BCUT2D eigenvalue weighted by molar-refractivity contribution is -0.291. The van der Waals surface area contributed by atoms with E-state index < -0.39 is 36.3 Å². The highest BCUT2D eigenvalue weighted by molar-refractivity contribution is 8.00. The molecule has 0 radical (unpaired) electrons. The maximum atomic E-state index is 9.97. The summed E-state index contributed by atoms with van der Waals surface area (Å²) in [5, 5.41) is 39.1. The fraction of sp³-hybridized carbons (Fsp3) is 1.00. The van der Waals surface area contributed by atoms with Crippen LogP contribution in [-0.2, 0) is 9.47 Å². The Morgan fingerprint density at radius 1 is 1.22 bits per heavy atom. The Hall–Kier alpha value is 0.110. The Balaban J connectivity index is 1.90. The van der Waals surface area contributed by atoms with Gasteiger partial charge in [0.25, 0.3) is 0 Å². The lowest BCUT2D eigenvalue weighted by Gasteiger charge is -2.42. The van der Waals surface area contributed by atoms with Crippen LogP contribution >= 0.6 is 11.8 Å². The van der Waals surface area contributed by atoms with Gasteiger partial charge in [0, 0.05) is 18.6 Å².